The van der Waals surface area contributed by atoms with Crippen LogP contribution in [0.1, 0.15) is 39.2 Å². The lowest BCUT2D eigenvalue weighted by molar-refractivity contribution is -0.134. The number of nitrogens with one attached hydrogen (secondary N) is 1. The van der Waals surface area contributed by atoms with Crippen molar-refractivity contribution in [1.29, 1.82) is 0 Å². The fourth-order valence-electron chi connectivity index (χ4n) is 3.07. The molecule has 6 nitrogen and oxygen atoms in total. The zero-order valence-electron chi connectivity index (χ0n) is 15.3. The Morgan fingerprint density at radius 1 is 1.32 bits per heavy atom. The van der Waals surface area contributed by atoms with E-state index in [1.165, 1.54) is 0 Å². The van der Waals surface area contributed by atoms with E-state index in [1.807, 2.05) is 30.3 Å². The molecule has 2 atom stereocenters. The van der Waals surface area contributed by atoms with Crippen molar-refractivity contribution in [3.05, 3.63) is 35.9 Å². The summed E-state index contributed by atoms with van der Waals surface area (Å²) in [7, 11) is 0. The molecule has 25 heavy (non-hydrogen) atoms. The summed E-state index contributed by atoms with van der Waals surface area (Å²) in [6.45, 7) is 6.51. The fourth-order valence-corrected chi connectivity index (χ4v) is 3.07. The van der Waals surface area contributed by atoms with Crippen molar-refractivity contribution in [2.24, 2.45) is 5.73 Å². The molecule has 1 aliphatic heterocycles. The van der Waals surface area contributed by atoms with Crippen LogP contribution in [0.15, 0.2) is 30.3 Å². The lowest BCUT2D eigenvalue weighted by Crippen LogP contribution is -2.53. The van der Waals surface area contributed by atoms with Crippen molar-refractivity contribution >= 4 is 12.0 Å². The molecule has 138 valence electrons. The van der Waals surface area contributed by atoms with Crippen LogP contribution in [0.4, 0.5) is 4.79 Å². The highest BCUT2D eigenvalue weighted by molar-refractivity contribution is 5.86. The summed E-state index contributed by atoms with van der Waals surface area (Å²) < 4.78 is 5.33. The van der Waals surface area contributed by atoms with E-state index in [0.717, 1.165) is 18.4 Å². The van der Waals surface area contributed by atoms with Crippen LogP contribution in [-0.4, -0.2) is 47.7 Å². The average molecular weight is 347 g/mol. The van der Waals surface area contributed by atoms with E-state index in [0.29, 0.717) is 19.5 Å². The molecule has 1 saturated heterocycles. The van der Waals surface area contributed by atoms with E-state index < -0.39 is 17.7 Å². The Kier molecular flexibility index (Phi) is 6.42. The van der Waals surface area contributed by atoms with Crippen LogP contribution >= 0.6 is 0 Å². The molecular weight excluding hydrogens is 318 g/mol. The van der Waals surface area contributed by atoms with Crippen molar-refractivity contribution in [2.75, 3.05) is 13.1 Å². The van der Waals surface area contributed by atoms with Crippen LogP contribution in [0.2, 0.25) is 0 Å². The summed E-state index contributed by atoms with van der Waals surface area (Å²) in [6.07, 6.45) is 1.70. The van der Waals surface area contributed by atoms with Gasteiger partial charge in [-0.2, -0.15) is 0 Å². The third-order valence-electron chi connectivity index (χ3n) is 4.20. The number of ether oxygens (including phenoxy) is 1. The van der Waals surface area contributed by atoms with Gasteiger partial charge in [-0.25, -0.2) is 4.79 Å². The van der Waals surface area contributed by atoms with Gasteiger partial charge in [-0.3, -0.25) is 4.79 Å². The lowest BCUT2D eigenvalue weighted by Gasteiger charge is -2.29. The van der Waals surface area contributed by atoms with Crippen LogP contribution in [0.25, 0.3) is 0 Å². The normalized spacial score (nSPS) is 18.7. The molecule has 0 saturated carbocycles. The largest absolute Gasteiger partial charge is 0.444 e. The maximum atomic E-state index is 13.0. The molecule has 0 spiro atoms. The van der Waals surface area contributed by atoms with E-state index in [2.05, 4.69) is 5.32 Å². The number of nitrogens with two attached hydrogens (primary N) is 1. The van der Waals surface area contributed by atoms with E-state index in [4.69, 9.17) is 10.5 Å². The summed E-state index contributed by atoms with van der Waals surface area (Å²) in [5.41, 5.74) is 6.17. The SMILES string of the molecule is CC(C)(C)OC(=O)N[C@H](Cc1ccccc1)C(=O)N1CCC[C@H]1CN. The Labute approximate surface area is 149 Å². The van der Waals surface area contributed by atoms with E-state index in [1.54, 1.807) is 25.7 Å². The van der Waals surface area contributed by atoms with Gasteiger partial charge in [0.25, 0.3) is 0 Å². The van der Waals surface area contributed by atoms with Gasteiger partial charge in [0, 0.05) is 25.6 Å². The Morgan fingerprint density at radius 3 is 2.60 bits per heavy atom. The van der Waals surface area contributed by atoms with Crippen molar-refractivity contribution in [3.8, 4) is 0 Å². The average Bonchev–Trinajstić information content (AvgIpc) is 3.01. The van der Waals surface area contributed by atoms with Crippen LogP contribution in [0, 0.1) is 0 Å². The molecule has 2 amide bonds. The molecule has 6 heteroatoms. The number of carbonyl (C=O) groups is 2. The van der Waals surface area contributed by atoms with Gasteiger partial charge in [0.05, 0.1) is 0 Å². The summed E-state index contributed by atoms with van der Waals surface area (Å²) in [6, 6.07) is 9.04. The Balaban J connectivity index is 2.13. The highest BCUT2D eigenvalue weighted by atomic mass is 16.6. The van der Waals surface area contributed by atoms with E-state index >= 15 is 0 Å². The first-order valence-corrected chi connectivity index (χ1v) is 8.84. The maximum Gasteiger partial charge on any atom is 0.408 e. The van der Waals surface area contributed by atoms with Gasteiger partial charge in [-0.05, 0) is 39.2 Å². The quantitative estimate of drug-likeness (QED) is 0.854. The van der Waals surface area contributed by atoms with Crippen molar-refractivity contribution in [3.63, 3.8) is 0 Å². The highest BCUT2D eigenvalue weighted by Gasteiger charge is 2.34. The zero-order valence-corrected chi connectivity index (χ0v) is 15.3. The van der Waals surface area contributed by atoms with Crippen molar-refractivity contribution in [2.45, 2.75) is 57.7 Å². The van der Waals surface area contributed by atoms with Gasteiger partial charge in [0.2, 0.25) is 5.91 Å². The van der Waals surface area contributed by atoms with Crippen molar-refractivity contribution < 1.29 is 14.3 Å². The third-order valence-corrected chi connectivity index (χ3v) is 4.20. The molecule has 0 radical (unpaired) electrons. The summed E-state index contributed by atoms with van der Waals surface area (Å²) in [5, 5.41) is 2.75. The molecular formula is C19H29N3O3. The second-order valence-electron chi connectivity index (χ2n) is 7.45. The molecule has 1 aliphatic rings. The molecule has 0 aromatic heterocycles. The highest BCUT2D eigenvalue weighted by Crippen LogP contribution is 2.19. The van der Waals surface area contributed by atoms with E-state index in [9.17, 15) is 9.59 Å². The lowest BCUT2D eigenvalue weighted by atomic mass is 10.0. The molecule has 3 N–H and O–H groups in total. The minimum atomic E-state index is -0.663. The molecule has 0 unspecified atom stereocenters. The minimum Gasteiger partial charge on any atom is -0.444 e. The number of nitrogens with zero attached hydrogens (tertiary/aromatic N) is 1. The number of amides is 2. The number of rotatable bonds is 5. The van der Waals surface area contributed by atoms with Crippen LogP contribution in [0.3, 0.4) is 0 Å². The topological polar surface area (TPSA) is 84.7 Å². The van der Waals surface area contributed by atoms with Gasteiger partial charge in [-0.1, -0.05) is 30.3 Å². The zero-order chi connectivity index (χ0) is 18.4. The first-order valence-electron chi connectivity index (χ1n) is 8.84. The Hall–Kier alpha value is -2.08. The number of likely N-dealkylation sites (tertiary alicyclic amines) is 1. The van der Waals surface area contributed by atoms with Gasteiger partial charge in [0.15, 0.2) is 0 Å². The van der Waals surface area contributed by atoms with Gasteiger partial charge in [-0.15, -0.1) is 0 Å². The Bertz CT molecular complexity index is 583. The second kappa shape index (κ2) is 8.34. The molecule has 0 bridgehead atoms. The monoisotopic (exact) mass is 347 g/mol. The number of carbonyl (C=O) groups excluding carboxylic acids is 2. The number of hydrogen-bond donors (Lipinski definition) is 2. The summed E-state index contributed by atoms with van der Waals surface area (Å²) >= 11 is 0. The Morgan fingerprint density at radius 2 is 2.00 bits per heavy atom. The van der Waals surface area contributed by atoms with Crippen LogP contribution in [-0.2, 0) is 16.0 Å². The molecule has 0 aliphatic carbocycles. The van der Waals surface area contributed by atoms with Crippen molar-refractivity contribution in [1.82, 2.24) is 10.2 Å². The maximum absolute atomic E-state index is 13.0. The molecule has 1 heterocycles. The first kappa shape index (κ1) is 19.2. The second-order valence-corrected chi connectivity index (χ2v) is 7.45. The number of hydrogen-bond acceptors (Lipinski definition) is 4. The summed E-state index contributed by atoms with van der Waals surface area (Å²) in [4.78, 5) is 27.0. The van der Waals surface area contributed by atoms with Crippen LogP contribution in [0.5, 0.6) is 0 Å². The standard InChI is InChI=1S/C19H29N3O3/c1-19(2,3)25-18(24)21-16(12-14-8-5-4-6-9-14)17(23)22-11-7-10-15(22)13-20/h4-6,8-9,15-16H,7,10-13,20H2,1-3H3,(H,21,24)/t15-,16+/m0/s1. The summed E-state index contributed by atoms with van der Waals surface area (Å²) in [5.74, 6) is -0.0948. The predicted octanol–water partition coefficient (Wildman–Crippen LogP) is 2.07. The molecule has 1 aromatic carbocycles. The first-order chi connectivity index (χ1) is 11.8. The molecule has 1 aromatic rings. The van der Waals surface area contributed by atoms with Gasteiger partial charge in [0.1, 0.15) is 11.6 Å². The number of alkyl carbamates (subject to hydrolysis) is 1. The van der Waals surface area contributed by atoms with Gasteiger partial charge < -0.3 is 20.7 Å². The molecule has 1 fully saturated rings. The van der Waals surface area contributed by atoms with Crippen LogP contribution < -0.4 is 11.1 Å². The molecule has 2 rings (SSSR count). The van der Waals surface area contributed by atoms with E-state index in [-0.39, 0.29) is 11.9 Å². The third kappa shape index (κ3) is 5.74. The van der Waals surface area contributed by atoms with Gasteiger partial charge >= 0.3 is 6.09 Å². The minimum absolute atomic E-state index is 0.0474. The fraction of sp³-hybridized carbons (Fsp3) is 0.579. The smallest absolute Gasteiger partial charge is 0.408 e. The number of benzene rings is 1. The predicted molar refractivity (Wildman–Crippen MR) is 97.1 cm³/mol.